The summed E-state index contributed by atoms with van der Waals surface area (Å²) in [5.41, 5.74) is -2.48. The molecule has 0 unspecified atom stereocenters. The topological polar surface area (TPSA) is 124 Å². The van der Waals surface area contributed by atoms with Gasteiger partial charge in [0, 0.05) is 37.3 Å². The van der Waals surface area contributed by atoms with E-state index >= 15 is 0 Å². The second-order valence-electron chi connectivity index (χ2n) is 19.0. The van der Waals surface area contributed by atoms with Gasteiger partial charge in [-0.3, -0.25) is 24.0 Å². The Labute approximate surface area is 288 Å². The van der Waals surface area contributed by atoms with Crippen molar-refractivity contribution in [1.82, 2.24) is 15.1 Å². The number of ketones is 2. The maximum absolute atomic E-state index is 14.9. The lowest BCUT2D eigenvalue weighted by molar-refractivity contribution is -0.149. The van der Waals surface area contributed by atoms with Gasteiger partial charge in [0.2, 0.25) is 11.8 Å². The van der Waals surface area contributed by atoms with Crippen LogP contribution in [0.3, 0.4) is 0 Å². The average Bonchev–Trinajstić information content (AvgIpc) is 3.68. The van der Waals surface area contributed by atoms with Crippen LogP contribution in [0.5, 0.6) is 0 Å². The van der Waals surface area contributed by atoms with Crippen molar-refractivity contribution in [1.29, 1.82) is 0 Å². The molecule has 2 aliphatic heterocycles. The number of amides is 2. The Morgan fingerprint density at radius 3 is 2.08 bits per heavy atom. The van der Waals surface area contributed by atoms with Crippen molar-refractivity contribution in [3.05, 3.63) is 12.7 Å². The zero-order chi connectivity index (χ0) is 35.8. The molecule has 9 heteroatoms. The summed E-state index contributed by atoms with van der Waals surface area (Å²) in [6, 6.07) is -1.49. The number of carbonyl (C=O) groups is 5. The molecule has 3 aliphatic carbocycles. The molecule has 0 radical (unpaired) electrons. The Bertz CT molecular complexity index is 1370. The van der Waals surface area contributed by atoms with E-state index in [0.29, 0.717) is 25.9 Å². The van der Waals surface area contributed by atoms with Gasteiger partial charge in [0.05, 0.1) is 23.4 Å². The highest BCUT2D eigenvalue weighted by Gasteiger charge is 2.85. The van der Waals surface area contributed by atoms with Crippen LogP contribution in [0, 0.1) is 50.2 Å². The first kappa shape index (κ1) is 36.7. The molecular formula is C39H61N3O6. The number of allylic oxidation sites excluding steroid dienone is 1. The third kappa shape index (κ3) is 5.77. The third-order valence-corrected chi connectivity index (χ3v) is 14.0. The van der Waals surface area contributed by atoms with E-state index in [1.54, 1.807) is 11.0 Å². The van der Waals surface area contributed by atoms with Crippen molar-refractivity contribution in [2.24, 2.45) is 50.2 Å². The normalized spacial score (nSPS) is 33.4. The fraction of sp³-hybridized carbons (Fsp3) is 0.821. The maximum Gasteiger partial charge on any atom is 0.310 e. The zero-order valence-corrected chi connectivity index (χ0v) is 31.0. The number of fused-ring (bicyclic) bond motifs is 1. The van der Waals surface area contributed by atoms with Gasteiger partial charge in [0.25, 0.3) is 0 Å². The molecule has 0 bridgehead atoms. The van der Waals surface area contributed by atoms with Gasteiger partial charge >= 0.3 is 5.97 Å². The highest BCUT2D eigenvalue weighted by molar-refractivity contribution is 5.97. The summed E-state index contributed by atoms with van der Waals surface area (Å²) in [4.78, 5) is 73.1. The number of nitrogens with one attached hydrogen (secondary N) is 1. The number of hydrogen-bond donors (Lipinski definition) is 2. The average molecular weight is 668 g/mol. The molecule has 2 amide bonds. The molecule has 2 spiro atoms. The predicted molar refractivity (Wildman–Crippen MR) is 185 cm³/mol. The first-order valence-corrected chi connectivity index (χ1v) is 18.3. The molecule has 48 heavy (non-hydrogen) atoms. The minimum absolute atomic E-state index is 0.0403. The fourth-order valence-corrected chi connectivity index (χ4v) is 10.4. The molecule has 0 aromatic carbocycles. The van der Waals surface area contributed by atoms with Crippen molar-refractivity contribution in [2.75, 3.05) is 26.7 Å². The second-order valence-corrected chi connectivity index (χ2v) is 19.0. The van der Waals surface area contributed by atoms with E-state index in [4.69, 9.17) is 0 Å². The third-order valence-electron chi connectivity index (χ3n) is 14.0. The van der Waals surface area contributed by atoms with E-state index in [2.05, 4.69) is 30.6 Å². The van der Waals surface area contributed by atoms with Gasteiger partial charge < -0.3 is 20.2 Å². The monoisotopic (exact) mass is 667 g/mol. The van der Waals surface area contributed by atoms with Gasteiger partial charge in [-0.25, -0.2) is 0 Å². The summed E-state index contributed by atoms with van der Waals surface area (Å²) in [7, 11) is 2.01. The van der Waals surface area contributed by atoms with Crippen LogP contribution in [0.1, 0.15) is 113 Å². The number of rotatable bonds is 11. The van der Waals surface area contributed by atoms with Crippen molar-refractivity contribution in [3.63, 3.8) is 0 Å². The van der Waals surface area contributed by atoms with Crippen LogP contribution in [0.2, 0.25) is 0 Å². The quantitative estimate of drug-likeness (QED) is 0.279. The molecule has 7 atom stereocenters. The molecule has 9 nitrogen and oxygen atoms in total. The van der Waals surface area contributed by atoms with Crippen molar-refractivity contribution >= 4 is 29.4 Å². The fourth-order valence-electron chi connectivity index (χ4n) is 10.4. The molecule has 2 N–H and O–H groups in total. The summed E-state index contributed by atoms with van der Waals surface area (Å²) >= 11 is 0. The summed E-state index contributed by atoms with van der Waals surface area (Å²) < 4.78 is 0. The number of piperidine rings is 1. The Hall–Kier alpha value is -2.55. The molecule has 0 aromatic rings. The molecule has 0 aromatic heterocycles. The second kappa shape index (κ2) is 12.1. The van der Waals surface area contributed by atoms with Crippen LogP contribution in [-0.4, -0.2) is 83.0 Å². The van der Waals surface area contributed by atoms with Crippen LogP contribution >= 0.6 is 0 Å². The van der Waals surface area contributed by atoms with Crippen molar-refractivity contribution in [3.8, 4) is 0 Å². The van der Waals surface area contributed by atoms with Crippen LogP contribution in [0.4, 0.5) is 0 Å². The van der Waals surface area contributed by atoms with E-state index in [0.717, 1.165) is 38.6 Å². The van der Waals surface area contributed by atoms with Gasteiger partial charge in [-0.05, 0) is 79.7 Å². The number of carboxylic acids is 1. The van der Waals surface area contributed by atoms with Crippen LogP contribution < -0.4 is 5.32 Å². The van der Waals surface area contributed by atoms with Gasteiger partial charge in [-0.2, -0.15) is 0 Å². The highest BCUT2D eigenvalue weighted by Crippen LogP contribution is 2.88. The van der Waals surface area contributed by atoms with Crippen LogP contribution in [-0.2, 0) is 24.0 Å². The van der Waals surface area contributed by atoms with Crippen molar-refractivity contribution < 1.29 is 29.1 Å². The number of aliphatic carboxylic acids is 1. The highest BCUT2D eigenvalue weighted by atomic mass is 16.4. The van der Waals surface area contributed by atoms with Gasteiger partial charge in [-0.15, -0.1) is 6.58 Å². The van der Waals surface area contributed by atoms with E-state index in [1.165, 1.54) is 0 Å². The predicted octanol–water partition coefficient (Wildman–Crippen LogP) is 5.51. The van der Waals surface area contributed by atoms with E-state index in [9.17, 15) is 29.1 Å². The largest absolute Gasteiger partial charge is 0.481 e. The SMILES string of the molecule is C=C[C@@H]1C[C@]1(CC(=O)[C@@H]1C[C@@]2(CN1C(=O)[C@@H](CC(=O)[C@@H](NC(=O)[C@@H]1CCCN(C)C1)C(C)(C)C)C(C)(C)C)C(C)(C)C21CCC1)C(=O)O. The van der Waals surface area contributed by atoms with E-state index < -0.39 is 40.2 Å². The Morgan fingerprint density at radius 1 is 0.979 bits per heavy atom. The summed E-state index contributed by atoms with van der Waals surface area (Å²) in [6.07, 6.45) is 7.39. The Kier molecular flexibility index (Phi) is 9.22. The number of carboxylic acid groups (broad SMARTS) is 1. The molecule has 5 rings (SSSR count). The molecule has 268 valence electrons. The van der Waals surface area contributed by atoms with E-state index in [1.807, 2.05) is 48.6 Å². The maximum atomic E-state index is 14.9. The Morgan fingerprint density at radius 2 is 1.62 bits per heavy atom. The number of carbonyl (C=O) groups excluding carboxylic acids is 4. The summed E-state index contributed by atoms with van der Waals surface area (Å²) in [6.45, 7) is 22.1. The lowest BCUT2D eigenvalue weighted by atomic mass is 9.73. The Balaban J connectivity index is 1.42. The smallest absolute Gasteiger partial charge is 0.310 e. The molecule has 2 saturated heterocycles. The molecular weight excluding hydrogens is 606 g/mol. The van der Waals surface area contributed by atoms with Crippen LogP contribution in [0.25, 0.3) is 0 Å². The zero-order valence-electron chi connectivity index (χ0n) is 31.0. The lowest BCUT2D eigenvalue weighted by Gasteiger charge is -2.38. The minimum Gasteiger partial charge on any atom is -0.481 e. The summed E-state index contributed by atoms with van der Waals surface area (Å²) in [5, 5.41) is 13.2. The molecule has 3 saturated carbocycles. The lowest BCUT2D eigenvalue weighted by Crippen LogP contribution is -2.54. The van der Waals surface area contributed by atoms with Crippen LogP contribution in [0.15, 0.2) is 12.7 Å². The summed E-state index contributed by atoms with van der Waals surface area (Å²) in [5.74, 6) is -2.84. The number of likely N-dealkylation sites (tertiary alicyclic amines) is 2. The molecule has 5 fully saturated rings. The number of Topliss-reactive ketones (excluding diaryl/α,β-unsaturated/α-hetero) is 2. The van der Waals surface area contributed by atoms with Gasteiger partial charge in [0.1, 0.15) is 0 Å². The standard InChI is InChI=1S/C39H61N3O6/c1-11-25-19-37(25,33(47)48)21-29(44)27-20-39(36(8,9)38(39)15-13-16-38)23-42(27)32(46)26(34(2,3)4)18-28(43)30(35(5,6)7)40-31(45)24-14-12-17-41(10)22-24/h11,24-27,30H,1,12-23H2,2-10H3,(H,40,45)(H,47,48)/t24-,25-,26-,27+,30-,37-,39-/m1/s1. The van der Waals surface area contributed by atoms with Gasteiger partial charge in [-0.1, -0.05) is 67.9 Å². The first-order valence-electron chi connectivity index (χ1n) is 18.3. The number of nitrogens with zero attached hydrogens (tertiary/aromatic N) is 2. The minimum atomic E-state index is -1.15. The van der Waals surface area contributed by atoms with Gasteiger partial charge in [0.15, 0.2) is 11.6 Å². The molecule has 5 aliphatic rings. The molecule has 2 heterocycles. The first-order chi connectivity index (χ1) is 22.1. The van der Waals surface area contributed by atoms with E-state index in [-0.39, 0.29) is 64.3 Å². The number of hydrogen-bond acceptors (Lipinski definition) is 6. The van der Waals surface area contributed by atoms with Crippen molar-refractivity contribution in [2.45, 2.75) is 125 Å².